The lowest BCUT2D eigenvalue weighted by Crippen LogP contribution is -2.14. The van der Waals surface area contributed by atoms with Crippen LogP contribution in [-0.4, -0.2) is 37.0 Å². The van der Waals surface area contributed by atoms with E-state index in [1.807, 2.05) is 24.3 Å². The molecule has 2 heterocycles. The Hall–Kier alpha value is -2.74. The standard InChI is InChI=1S/C17H17N5O2S/c1-10-8-11(2)22-16(18-10)20-21-17(22)25-9-15(24)19-14-6-4-13(5-7-14)12(3)23/h4-8H,9H2,1-3H3,(H,19,24). The zero-order chi connectivity index (χ0) is 18.0. The number of thioether (sulfide) groups is 1. The largest absolute Gasteiger partial charge is 0.325 e. The minimum atomic E-state index is -0.157. The molecule has 0 unspecified atom stereocenters. The van der Waals surface area contributed by atoms with Crippen molar-refractivity contribution in [2.75, 3.05) is 11.1 Å². The van der Waals surface area contributed by atoms with Gasteiger partial charge in [-0.15, -0.1) is 10.2 Å². The number of hydrogen-bond acceptors (Lipinski definition) is 6. The van der Waals surface area contributed by atoms with Gasteiger partial charge in [0.2, 0.25) is 5.91 Å². The molecule has 25 heavy (non-hydrogen) atoms. The predicted molar refractivity (Wildman–Crippen MR) is 96.1 cm³/mol. The molecule has 8 heteroatoms. The van der Waals surface area contributed by atoms with Crippen LogP contribution in [0.4, 0.5) is 5.69 Å². The van der Waals surface area contributed by atoms with Crippen molar-refractivity contribution < 1.29 is 9.59 Å². The van der Waals surface area contributed by atoms with Gasteiger partial charge < -0.3 is 5.32 Å². The fourth-order valence-corrected chi connectivity index (χ4v) is 3.19. The maximum absolute atomic E-state index is 12.1. The van der Waals surface area contributed by atoms with Gasteiger partial charge in [0.25, 0.3) is 5.78 Å². The quantitative estimate of drug-likeness (QED) is 0.559. The number of fused-ring (bicyclic) bond motifs is 1. The number of nitrogens with one attached hydrogen (secondary N) is 1. The van der Waals surface area contributed by atoms with Gasteiger partial charge in [0.15, 0.2) is 10.9 Å². The first-order chi connectivity index (χ1) is 11.9. The van der Waals surface area contributed by atoms with Crippen LogP contribution < -0.4 is 5.32 Å². The SMILES string of the molecule is CC(=O)c1ccc(NC(=O)CSc2nnc3nc(C)cc(C)n23)cc1. The maximum Gasteiger partial charge on any atom is 0.256 e. The zero-order valence-corrected chi connectivity index (χ0v) is 14.9. The summed E-state index contributed by atoms with van der Waals surface area (Å²) in [5.41, 5.74) is 3.10. The molecule has 0 aliphatic heterocycles. The molecule has 3 aromatic rings. The Labute approximate surface area is 148 Å². The second kappa shape index (κ2) is 7.02. The van der Waals surface area contributed by atoms with Crippen LogP contribution >= 0.6 is 11.8 Å². The number of rotatable bonds is 5. The lowest BCUT2D eigenvalue weighted by Gasteiger charge is -2.06. The van der Waals surface area contributed by atoms with E-state index in [9.17, 15) is 9.59 Å². The summed E-state index contributed by atoms with van der Waals surface area (Å²) in [5.74, 6) is 0.560. The first-order valence-corrected chi connectivity index (χ1v) is 8.65. The molecule has 0 bridgehead atoms. The second-order valence-electron chi connectivity index (χ2n) is 5.63. The Morgan fingerprint density at radius 2 is 1.88 bits per heavy atom. The van der Waals surface area contributed by atoms with E-state index < -0.39 is 0 Å². The van der Waals surface area contributed by atoms with E-state index in [0.29, 0.717) is 22.2 Å². The van der Waals surface area contributed by atoms with Crippen LogP contribution in [0.25, 0.3) is 5.78 Å². The molecule has 0 saturated heterocycles. The van der Waals surface area contributed by atoms with E-state index in [1.165, 1.54) is 18.7 Å². The van der Waals surface area contributed by atoms with Crippen molar-refractivity contribution in [3.63, 3.8) is 0 Å². The Kier molecular flexibility index (Phi) is 4.80. The summed E-state index contributed by atoms with van der Waals surface area (Å²) in [6.07, 6.45) is 0. The molecule has 2 aromatic heterocycles. The van der Waals surface area contributed by atoms with Gasteiger partial charge in [-0.2, -0.15) is 0 Å². The highest BCUT2D eigenvalue weighted by atomic mass is 32.2. The topological polar surface area (TPSA) is 89.2 Å². The van der Waals surface area contributed by atoms with Crippen LogP contribution in [0.2, 0.25) is 0 Å². The number of anilines is 1. The second-order valence-corrected chi connectivity index (χ2v) is 6.57. The van der Waals surface area contributed by atoms with Gasteiger partial charge in [-0.05, 0) is 51.1 Å². The molecular formula is C17H17N5O2S. The van der Waals surface area contributed by atoms with Crippen molar-refractivity contribution in [1.82, 2.24) is 19.6 Å². The summed E-state index contributed by atoms with van der Waals surface area (Å²) in [4.78, 5) is 27.7. The summed E-state index contributed by atoms with van der Waals surface area (Å²) < 4.78 is 1.83. The fourth-order valence-electron chi connectivity index (χ4n) is 2.41. The number of Topliss-reactive ketones (excluding diaryl/α,β-unsaturated/α-hetero) is 1. The summed E-state index contributed by atoms with van der Waals surface area (Å²) in [5, 5.41) is 11.6. The lowest BCUT2D eigenvalue weighted by atomic mass is 10.1. The van der Waals surface area contributed by atoms with Gasteiger partial charge in [0.05, 0.1) is 5.75 Å². The third kappa shape index (κ3) is 3.85. The Balaban J connectivity index is 1.65. The van der Waals surface area contributed by atoms with Gasteiger partial charge in [-0.25, -0.2) is 4.98 Å². The number of amides is 1. The number of aromatic nitrogens is 4. The van der Waals surface area contributed by atoms with Crippen LogP contribution in [-0.2, 0) is 4.79 Å². The number of aryl methyl sites for hydroxylation is 2. The highest BCUT2D eigenvalue weighted by molar-refractivity contribution is 7.99. The molecule has 0 radical (unpaired) electrons. The van der Waals surface area contributed by atoms with Crippen molar-refractivity contribution in [2.24, 2.45) is 0 Å². The summed E-state index contributed by atoms with van der Waals surface area (Å²) in [6.45, 7) is 5.36. The van der Waals surface area contributed by atoms with Crippen LogP contribution in [0, 0.1) is 13.8 Å². The van der Waals surface area contributed by atoms with E-state index in [1.54, 1.807) is 24.3 Å². The number of benzene rings is 1. The van der Waals surface area contributed by atoms with E-state index in [2.05, 4.69) is 20.5 Å². The molecule has 7 nitrogen and oxygen atoms in total. The van der Waals surface area contributed by atoms with Crippen molar-refractivity contribution in [2.45, 2.75) is 25.9 Å². The maximum atomic E-state index is 12.1. The molecule has 1 N–H and O–H groups in total. The molecular weight excluding hydrogens is 338 g/mol. The predicted octanol–water partition coefficient (Wildman–Crippen LogP) is 2.67. The van der Waals surface area contributed by atoms with Crippen molar-refractivity contribution in [1.29, 1.82) is 0 Å². The molecule has 0 spiro atoms. The van der Waals surface area contributed by atoms with Gasteiger partial charge in [-0.1, -0.05) is 11.8 Å². The average molecular weight is 355 g/mol. The summed E-state index contributed by atoms with van der Waals surface area (Å²) >= 11 is 1.30. The van der Waals surface area contributed by atoms with Gasteiger partial charge in [-0.3, -0.25) is 14.0 Å². The minimum absolute atomic E-state index is 0.00802. The normalized spacial score (nSPS) is 10.8. The van der Waals surface area contributed by atoms with Crippen molar-refractivity contribution in [3.05, 3.63) is 47.3 Å². The number of hydrogen-bond donors (Lipinski definition) is 1. The first-order valence-electron chi connectivity index (χ1n) is 7.67. The van der Waals surface area contributed by atoms with E-state index >= 15 is 0 Å². The van der Waals surface area contributed by atoms with Crippen molar-refractivity contribution >= 4 is 34.9 Å². The molecule has 1 amide bonds. The van der Waals surface area contributed by atoms with E-state index in [0.717, 1.165) is 11.4 Å². The third-order valence-corrected chi connectivity index (χ3v) is 4.50. The zero-order valence-electron chi connectivity index (χ0n) is 14.1. The molecule has 0 saturated carbocycles. The van der Waals surface area contributed by atoms with E-state index in [-0.39, 0.29) is 17.4 Å². The molecule has 0 atom stereocenters. The summed E-state index contributed by atoms with van der Waals surface area (Å²) in [6, 6.07) is 8.74. The fraction of sp³-hybridized carbons (Fsp3) is 0.235. The van der Waals surface area contributed by atoms with Crippen LogP contribution in [0.15, 0.2) is 35.5 Å². The molecule has 3 rings (SSSR count). The molecule has 0 aliphatic rings. The Morgan fingerprint density at radius 1 is 1.16 bits per heavy atom. The minimum Gasteiger partial charge on any atom is -0.325 e. The van der Waals surface area contributed by atoms with Gasteiger partial charge in [0, 0.05) is 22.6 Å². The third-order valence-electron chi connectivity index (χ3n) is 3.57. The highest BCUT2D eigenvalue weighted by Crippen LogP contribution is 2.19. The Bertz CT molecular complexity index is 950. The number of carbonyl (C=O) groups is 2. The monoisotopic (exact) mass is 355 g/mol. The molecule has 128 valence electrons. The van der Waals surface area contributed by atoms with Crippen molar-refractivity contribution in [3.8, 4) is 0 Å². The molecule has 0 aliphatic carbocycles. The smallest absolute Gasteiger partial charge is 0.256 e. The van der Waals surface area contributed by atoms with E-state index in [4.69, 9.17) is 0 Å². The van der Waals surface area contributed by atoms with Crippen LogP contribution in [0.3, 0.4) is 0 Å². The number of carbonyl (C=O) groups excluding carboxylic acids is 2. The first kappa shape index (κ1) is 17.1. The van der Waals surface area contributed by atoms with Crippen LogP contribution in [0.5, 0.6) is 0 Å². The highest BCUT2D eigenvalue weighted by Gasteiger charge is 2.12. The molecule has 1 aromatic carbocycles. The van der Waals surface area contributed by atoms with Gasteiger partial charge in [0.1, 0.15) is 0 Å². The number of nitrogens with zero attached hydrogens (tertiary/aromatic N) is 4. The lowest BCUT2D eigenvalue weighted by molar-refractivity contribution is -0.113. The Morgan fingerprint density at radius 3 is 2.56 bits per heavy atom. The van der Waals surface area contributed by atoms with Gasteiger partial charge >= 0.3 is 0 Å². The van der Waals surface area contributed by atoms with Crippen LogP contribution in [0.1, 0.15) is 28.7 Å². The average Bonchev–Trinajstić information content (AvgIpc) is 2.96. The number of ketones is 1. The summed E-state index contributed by atoms with van der Waals surface area (Å²) in [7, 11) is 0. The molecule has 0 fully saturated rings.